The van der Waals surface area contributed by atoms with Gasteiger partial charge in [-0.1, -0.05) is 50.2 Å². The lowest BCUT2D eigenvalue weighted by Gasteiger charge is -2.18. The van der Waals surface area contributed by atoms with Crippen LogP contribution in [0.1, 0.15) is 36.1 Å². The zero-order valence-electron chi connectivity index (χ0n) is 15.3. The van der Waals surface area contributed by atoms with Crippen molar-refractivity contribution in [2.24, 2.45) is 0 Å². The van der Waals surface area contributed by atoms with Crippen LogP contribution < -0.4 is 4.72 Å². The summed E-state index contributed by atoms with van der Waals surface area (Å²) in [5.41, 5.74) is 3.20. The molecule has 26 heavy (non-hydrogen) atoms. The van der Waals surface area contributed by atoms with Gasteiger partial charge in [-0.2, -0.15) is 5.26 Å². The van der Waals surface area contributed by atoms with Gasteiger partial charge in [0.1, 0.15) is 0 Å². The molecule has 2 aromatic rings. The van der Waals surface area contributed by atoms with Crippen LogP contribution in [0.4, 0.5) is 0 Å². The Morgan fingerprint density at radius 1 is 1.00 bits per heavy atom. The molecule has 0 radical (unpaired) electrons. The van der Waals surface area contributed by atoms with E-state index < -0.39 is 10.0 Å². The maximum atomic E-state index is 12.3. The molecule has 0 saturated heterocycles. The Kier molecular flexibility index (Phi) is 7.34. The van der Waals surface area contributed by atoms with Gasteiger partial charge in [-0.05, 0) is 41.9 Å². The Labute approximate surface area is 156 Å². The summed E-state index contributed by atoms with van der Waals surface area (Å²) in [6, 6.07) is 16.7. The summed E-state index contributed by atoms with van der Waals surface area (Å²) >= 11 is 0. The first-order valence-corrected chi connectivity index (χ1v) is 10.4. The summed E-state index contributed by atoms with van der Waals surface area (Å²) in [6.07, 6.45) is 0. The number of nitrogens with zero attached hydrogens (tertiary/aromatic N) is 2. The van der Waals surface area contributed by atoms with Crippen molar-refractivity contribution in [3.8, 4) is 6.07 Å². The Bertz CT molecular complexity index is 851. The largest absolute Gasteiger partial charge is 0.300 e. The standard InChI is InChI=1S/C20H25N3O2S/c1-3-23(4-2)15-18-10-8-17(9-11-18)14-22-26(24,25)16-20-7-5-6-19(12-20)13-21/h5-12,22H,3-4,14-16H2,1-2H3. The first kappa shape index (κ1) is 20.1. The van der Waals surface area contributed by atoms with Crippen molar-refractivity contribution in [1.29, 1.82) is 5.26 Å². The SMILES string of the molecule is CCN(CC)Cc1ccc(CNS(=O)(=O)Cc2cccc(C#N)c2)cc1. The van der Waals surface area contributed by atoms with Crippen LogP contribution in [-0.4, -0.2) is 26.4 Å². The minimum absolute atomic E-state index is 0.136. The zero-order chi connectivity index (χ0) is 19.0. The Balaban J connectivity index is 1.93. The van der Waals surface area contributed by atoms with E-state index in [1.54, 1.807) is 24.3 Å². The molecule has 0 spiro atoms. The lowest BCUT2D eigenvalue weighted by Crippen LogP contribution is -2.25. The molecular weight excluding hydrogens is 346 g/mol. The molecule has 2 rings (SSSR count). The van der Waals surface area contributed by atoms with Crippen LogP contribution in [0.3, 0.4) is 0 Å². The number of benzene rings is 2. The highest BCUT2D eigenvalue weighted by Crippen LogP contribution is 2.10. The molecule has 0 aliphatic carbocycles. The predicted octanol–water partition coefficient (Wildman–Crippen LogP) is 3.02. The van der Waals surface area contributed by atoms with Crippen molar-refractivity contribution in [3.63, 3.8) is 0 Å². The van der Waals surface area contributed by atoms with E-state index in [-0.39, 0.29) is 12.3 Å². The predicted molar refractivity (Wildman–Crippen MR) is 104 cm³/mol. The number of sulfonamides is 1. The molecule has 6 heteroatoms. The second-order valence-electron chi connectivity index (χ2n) is 6.17. The number of nitriles is 1. The van der Waals surface area contributed by atoms with E-state index in [0.29, 0.717) is 11.1 Å². The van der Waals surface area contributed by atoms with Gasteiger partial charge in [0.2, 0.25) is 10.0 Å². The number of nitrogens with one attached hydrogen (secondary N) is 1. The lowest BCUT2D eigenvalue weighted by atomic mass is 10.1. The van der Waals surface area contributed by atoms with E-state index in [9.17, 15) is 8.42 Å². The van der Waals surface area contributed by atoms with Crippen LogP contribution in [0, 0.1) is 11.3 Å². The third kappa shape index (κ3) is 6.26. The van der Waals surface area contributed by atoms with Gasteiger partial charge in [0.25, 0.3) is 0 Å². The highest BCUT2D eigenvalue weighted by atomic mass is 32.2. The van der Waals surface area contributed by atoms with Crippen LogP contribution >= 0.6 is 0 Å². The van der Waals surface area contributed by atoms with Gasteiger partial charge in [0, 0.05) is 13.1 Å². The fourth-order valence-electron chi connectivity index (χ4n) is 2.66. The van der Waals surface area contributed by atoms with Crippen LogP contribution in [-0.2, 0) is 28.9 Å². The molecule has 0 fully saturated rings. The third-order valence-corrected chi connectivity index (χ3v) is 5.53. The average Bonchev–Trinajstić information content (AvgIpc) is 2.65. The topological polar surface area (TPSA) is 73.2 Å². The fourth-order valence-corrected chi connectivity index (χ4v) is 3.77. The second-order valence-corrected chi connectivity index (χ2v) is 7.98. The van der Waals surface area contributed by atoms with Crippen LogP contribution in [0.2, 0.25) is 0 Å². The normalized spacial score (nSPS) is 11.5. The second kappa shape index (κ2) is 9.48. The summed E-state index contributed by atoms with van der Waals surface area (Å²) < 4.78 is 27.1. The van der Waals surface area contributed by atoms with E-state index in [4.69, 9.17) is 5.26 Å². The van der Waals surface area contributed by atoms with Crippen LogP contribution in [0.15, 0.2) is 48.5 Å². The quantitative estimate of drug-likeness (QED) is 0.735. The van der Waals surface area contributed by atoms with Crippen molar-refractivity contribution < 1.29 is 8.42 Å². The van der Waals surface area contributed by atoms with Crippen molar-refractivity contribution in [3.05, 3.63) is 70.8 Å². The maximum absolute atomic E-state index is 12.3. The van der Waals surface area contributed by atoms with Crippen molar-refractivity contribution in [2.75, 3.05) is 13.1 Å². The molecule has 0 amide bonds. The first-order chi connectivity index (χ1) is 12.5. The molecule has 0 unspecified atom stereocenters. The summed E-state index contributed by atoms with van der Waals surface area (Å²) in [4.78, 5) is 2.33. The fraction of sp³-hybridized carbons (Fsp3) is 0.350. The van der Waals surface area contributed by atoms with Crippen molar-refractivity contribution >= 4 is 10.0 Å². The lowest BCUT2D eigenvalue weighted by molar-refractivity contribution is 0.296. The van der Waals surface area contributed by atoms with Crippen LogP contribution in [0.25, 0.3) is 0 Å². The molecule has 0 atom stereocenters. The van der Waals surface area contributed by atoms with Gasteiger partial charge in [-0.15, -0.1) is 0 Å². The smallest absolute Gasteiger partial charge is 0.216 e. The van der Waals surface area contributed by atoms with Gasteiger partial charge in [0.15, 0.2) is 0 Å². The molecule has 0 saturated carbocycles. The maximum Gasteiger partial charge on any atom is 0.216 e. The molecule has 138 valence electrons. The van der Waals surface area contributed by atoms with E-state index in [2.05, 4.69) is 23.5 Å². The van der Waals surface area contributed by atoms with Crippen molar-refractivity contribution in [1.82, 2.24) is 9.62 Å². The van der Waals surface area contributed by atoms with Gasteiger partial charge in [-0.25, -0.2) is 13.1 Å². The van der Waals surface area contributed by atoms with Gasteiger partial charge in [0.05, 0.1) is 17.4 Å². The third-order valence-electron chi connectivity index (χ3n) is 4.23. The summed E-state index contributed by atoms with van der Waals surface area (Å²) in [6.45, 7) is 7.44. The molecule has 0 bridgehead atoms. The Morgan fingerprint density at radius 3 is 2.27 bits per heavy atom. The molecule has 0 aliphatic heterocycles. The van der Waals surface area contributed by atoms with E-state index in [1.165, 1.54) is 5.56 Å². The zero-order valence-corrected chi connectivity index (χ0v) is 16.1. The van der Waals surface area contributed by atoms with Crippen molar-refractivity contribution in [2.45, 2.75) is 32.7 Å². The Morgan fingerprint density at radius 2 is 1.65 bits per heavy atom. The summed E-state index contributed by atoms with van der Waals surface area (Å²) in [5, 5.41) is 8.90. The van der Waals surface area contributed by atoms with Crippen LogP contribution in [0.5, 0.6) is 0 Å². The van der Waals surface area contributed by atoms with Gasteiger partial charge >= 0.3 is 0 Å². The molecule has 2 aromatic carbocycles. The molecular formula is C20H25N3O2S. The first-order valence-electron chi connectivity index (χ1n) is 8.72. The monoisotopic (exact) mass is 371 g/mol. The molecule has 0 aromatic heterocycles. The van der Waals surface area contributed by atoms with E-state index >= 15 is 0 Å². The Hall–Kier alpha value is -2.20. The number of hydrogen-bond acceptors (Lipinski definition) is 4. The summed E-state index contributed by atoms with van der Waals surface area (Å²) in [5.74, 6) is -0.136. The van der Waals surface area contributed by atoms with Gasteiger partial charge in [-0.3, -0.25) is 4.90 Å². The number of rotatable bonds is 9. The summed E-state index contributed by atoms with van der Waals surface area (Å²) in [7, 11) is -3.46. The highest BCUT2D eigenvalue weighted by molar-refractivity contribution is 7.88. The minimum atomic E-state index is -3.46. The van der Waals surface area contributed by atoms with E-state index in [0.717, 1.165) is 25.2 Å². The molecule has 1 N–H and O–H groups in total. The van der Waals surface area contributed by atoms with E-state index in [1.807, 2.05) is 30.3 Å². The number of hydrogen-bond donors (Lipinski definition) is 1. The molecule has 0 heterocycles. The minimum Gasteiger partial charge on any atom is -0.300 e. The average molecular weight is 372 g/mol. The molecule has 0 aliphatic rings. The highest BCUT2D eigenvalue weighted by Gasteiger charge is 2.12. The van der Waals surface area contributed by atoms with Gasteiger partial charge < -0.3 is 0 Å². The molecule has 5 nitrogen and oxygen atoms in total.